The summed E-state index contributed by atoms with van der Waals surface area (Å²) in [5, 5.41) is 16.5. The summed E-state index contributed by atoms with van der Waals surface area (Å²) in [5.41, 5.74) is 2.47. The molecule has 0 saturated heterocycles. The number of amides is 1. The average Bonchev–Trinajstić information content (AvgIpc) is 3.35. The predicted octanol–water partition coefficient (Wildman–Crippen LogP) is 4.68. The first-order valence-corrected chi connectivity index (χ1v) is 11.6. The molecule has 6 nitrogen and oxygen atoms in total. The van der Waals surface area contributed by atoms with Gasteiger partial charge in [-0.25, -0.2) is 0 Å². The summed E-state index contributed by atoms with van der Waals surface area (Å²) in [6.45, 7) is 0. The summed E-state index contributed by atoms with van der Waals surface area (Å²) in [7, 11) is 0. The minimum atomic E-state index is -1.58. The fourth-order valence-electron chi connectivity index (χ4n) is 4.57. The van der Waals surface area contributed by atoms with Gasteiger partial charge in [0.15, 0.2) is 0 Å². The number of rotatable bonds is 8. The van der Waals surface area contributed by atoms with Gasteiger partial charge in [-0.2, -0.15) is 0 Å². The van der Waals surface area contributed by atoms with Gasteiger partial charge in [0.05, 0.1) is 6.04 Å². The average molecular weight is 463 g/mol. The summed E-state index contributed by atoms with van der Waals surface area (Å²) in [6, 6.07) is 24.0. The van der Waals surface area contributed by atoms with Gasteiger partial charge in [-0.05, 0) is 35.7 Å². The van der Waals surface area contributed by atoms with Crippen molar-refractivity contribution in [3.8, 4) is 0 Å². The van der Waals surface area contributed by atoms with Crippen LogP contribution in [0.5, 0.6) is 0 Å². The summed E-state index contributed by atoms with van der Waals surface area (Å²) in [5.74, 6) is -0.157. The highest BCUT2D eigenvalue weighted by Gasteiger charge is 2.42. The first kappa shape index (κ1) is 22.5. The molecule has 1 atom stereocenters. The molecule has 3 aromatic heterocycles. The van der Waals surface area contributed by atoms with E-state index in [-0.39, 0.29) is 12.3 Å². The highest BCUT2D eigenvalue weighted by Crippen LogP contribution is 2.40. The van der Waals surface area contributed by atoms with Gasteiger partial charge in [0.1, 0.15) is 5.60 Å². The molecule has 5 aromatic rings. The van der Waals surface area contributed by atoms with Crippen molar-refractivity contribution in [2.45, 2.75) is 24.5 Å². The molecule has 1 amide bonds. The standard InChI is InChI=1S/C29H26N4O2/c34-27(15-14-22-18-32-26-13-5-4-12-25(22)26)33-28(21-8-2-1-3-9-21)29(35,23-10-6-16-30-19-23)24-11-7-17-31-20-24/h1-13,16-20,28,32,35H,14-15H2,(H,33,34)/t28-/m1/s1. The SMILES string of the molecule is O=C(CCc1c[nH]c2ccccc12)N[C@H](c1ccccc1)C(O)(c1cccnc1)c1cccnc1. The maximum atomic E-state index is 13.3. The number of aromatic amines is 1. The molecule has 2 aromatic carbocycles. The van der Waals surface area contributed by atoms with E-state index in [1.54, 1.807) is 36.9 Å². The molecular formula is C29H26N4O2. The molecule has 0 saturated carbocycles. The Morgan fingerprint density at radius 1 is 0.886 bits per heavy atom. The van der Waals surface area contributed by atoms with Crippen LogP contribution in [0.4, 0.5) is 0 Å². The second-order valence-corrected chi connectivity index (χ2v) is 8.52. The van der Waals surface area contributed by atoms with E-state index in [0.29, 0.717) is 17.5 Å². The lowest BCUT2D eigenvalue weighted by atomic mass is 9.78. The maximum Gasteiger partial charge on any atom is 0.220 e. The number of hydrogen-bond donors (Lipinski definition) is 3. The van der Waals surface area contributed by atoms with Gasteiger partial charge in [0.25, 0.3) is 0 Å². The largest absolute Gasteiger partial charge is 0.378 e. The van der Waals surface area contributed by atoms with Crippen molar-refractivity contribution >= 4 is 16.8 Å². The zero-order valence-electron chi connectivity index (χ0n) is 19.1. The Hall–Kier alpha value is -4.29. The number of nitrogens with one attached hydrogen (secondary N) is 2. The fraction of sp³-hybridized carbons (Fsp3) is 0.138. The number of H-pyrrole nitrogens is 1. The van der Waals surface area contributed by atoms with Crippen LogP contribution in [0.2, 0.25) is 0 Å². The van der Waals surface area contributed by atoms with Crippen LogP contribution in [0.25, 0.3) is 10.9 Å². The predicted molar refractivity (Wildman–Crippen MR) is 135 cm³/mol. The first-order chi connectivity index (χ1) is 17.2. The normalized spacial score (nSPS) is 12.4. The number of para-hydroxylation sites is 1. The van der Waals surface area contributed by atoms with E-state index in [4.69, 9.17) is 0 Å². The number of hydrogen-bond acceptors (Lipinski definition) is 4. The Morgan fingerprint density at radius 3 is 2.20 bits per heavy atom. The van der Waals surface area contributed by atoms with Crippen LogP contribution < -0.4 is 5.32 Å². The molecule has 0 fully saturated rings. The molecule has 3 N–H and O–H groups in total. The maximum absolute atomic E-state index is 13.3. The molecule has 0 unspecified atom stereocenters. The van der Waals surface area contributed by atoms with E-state index < -0.39 is 11.6 Å². The Balaban J connectivity index is 1.48. The number of pyridine rings is 2. The lowest BCUT2D eigenvalue weighted by molar-refractivity contribution is -0.123. The zero-order chi connectivity index (χ0) is 24.1. The monoisotopic (exact) mass is 462 g/mol. The Morgan fingerprint density at radius 2 is 1.54 bits per heavy atom. The summed E-state index contributed by atoms with van der Waals surface area (Å²) < 4.78 is 0. The van der Waals surface area contributed by atoms with E-state index in [1.807, 2.05) is 66.9 Å². The molecule has 3 heterocycles. The van der Waals surface area contributed by atoms with Crippen molar-refractivity contribution in [3.05, 3.63) is 132 Å². The Kier molecular flexibility index (Phi) is 6.37. The molecule has 6 heteroatoms. The number of aryl methyl sites for hydroxylation is 1. The van der Waals surface area contributed by atoms with Crippen LogP contribution in [0.15, 0.2) is 110 Å². The molecule has 0 aliphatic heterocycles. The van der Waals surface area contributed by atoms with Gasteiger partial charge >= 0.3 is 0 Å². The highest BCUT2D eigenvalue weighted by molar-refractivity contribution is 5.84. The van der Waals surface area contributed by atoms with Crippen LogP contribution in [0.1, 0.15) is 34.7 Å². The van der Waals surface area contributed by atoms with Gasteiger partial charge in [0, 0.05) is 59.4 Å². The van der Waals surface area contributed by atoms with E-state index in [2.05, 4.69) is 26.3 Å². The molecule has 0 radical (unpaired) electrons. The van der Waals surface area contributed by atoms with E-state index >= 15 is 0 Å². The van der Waals surface area contributed by atoms with Gasteiger partial charge in [-0.15, -0.1) is 0 Å². The third kappa shape index (κ3) is 4.56. The van der Waals surface area contributed by atoms with Crippen molar-refractivity contribution in [1.82, 2.24) is 20.3 Å². The number of aliphatic hydroxyl groups is 1. The van der Waals surface area contributed by atoms with Crippen LogP contribution in [-0.2, 0) is 16.8 Å². The second kappa shape index (κ2) is 9.91. The Labute approximate surface area is 203 Å². The van der Waals surface area contributed by atoms with Gasteiger partial charge in [0.2, 0.25) is 5.91 Å². The van der Waals surface area contributed by atoms with Gasteiger partial charge in [-0.3, -0.25) is 14.8 Å². The molecule has 0 bridgehead atoms. The zero-order valence-corrected chi connectivity index (χ0v) is 19.1. The van der Waals surface area contributed by atoms with Crippen molar-refractivity contribution < 1.29 is 9.90 Å². The molecule has 5 rings (SSSR count). The lowest BCUT2D eigenvalue weighted by Gasteiger charge is -2.37. The third-order valence-corrected chi connectivity index (χ3v) is 6.36. The first-order valence-electron chi connectivity index (χ1n) is 11.6. The minimum absolute atomic E-state index is 0.157. The van der Waals surface area contributed by atoms with Gasteiger partial charge < -0.3 is 15.4 Å². The van der Waals surface area contributed by atoms with E-state index in [9.17, 15) is 9.90 Å². The molecule has 174 valence electrons. The van der Waals surface area contributed by atoms with E-state index in [0.717, 1.165) is 22.0 Å². The second-order valence-electron chi connectivity index (χ2n) is 8.52. The quantitative estimate of drug-likeness (QED) is 0.312. The van der Waals surface area contributed by atoms with Crippen LogP contribution in [0.3, 0.4) is 0 Å². The lowest BCUT2D eigenvalue weighted by Crippen LogP contribution is -2.45. The molecule has 0 aliphatic rings. The van der Waals surface area contributed by atoms with Crippen LogP contribution in [-0.4, -0.2) is 26.0 Å². The molecule has 35 heavy (non-hydrogen) atoms. The van der Waals surface area contributed by atoms with Crippen LogP contribution in [0, 0.1) is 0 Å². The number of fused-ring (bicyclic) bond motifs is 1. The van der Waals surface area contributed by atoms with Crippen molar-refractivity contribution in [3.63, 3.8) is 0 Å². The minimum Gasteiger partial charge on any atom is -0.378 e. The summed E-state index contributed by atoms with van der Waals surface area (Å²) >= 11 is 0. The van der Waals surface area contributed by atoms with E-state index in [1.165, 1.54) is 0 Å². The van der Waals surface area contributed by atoms with Crippen molar-refractivity contribution in [2.24, 2.45) is 0 Å². The van der Waals surface area contributed by atoms with Crippen molar-refractivity contribution in [1.29, 1.82) is 0 Å². The Bertz CT molecular complexity index is 1360. The number of aromatic nitrogens is 3. The molecule has 0 aliphatic carbocycles. The molecule has 0 spiro atoms. The molecular weight excluding hydrogens is 436 g/mol. The number of benzene rings is 2. The third-order valence-electron chi connectivity index (χ3n) is 6.36. The smallest absolute Gasteiger partial charge is 0.220 e. The highest BCUT2D eigenvalue weighted by atomic mass is 16.3. The van der Waals surface area contributed by atoms with Crippen molar-refractivity contribution in [2.75, 3.05) is 0 Å². The summed E-state index contributed by atoms with van der Waals surface area (Å²) in [4.78, 5) is 25.0. The summed E-state index contributed by atoms with van der Waals surface area (Å²) in [6.07, 6.45) is 9.38. The number of nitrogens with zero attached hydrogens (tertiary/aromatic N) is 2. The fourth-order valence-corrected chi connectivity index (χ4v) is 4.57. The van der Waals surface area contributed by atoms with Gasteiger partial charge in [-0.1, -0.05) is 60.7 Å². The number of carbonyl (C=O) groups excluding carboxylic acids is 1. The topological polar surface area (TPSA) is 90.9 Å². The van der Waals surface area contributed by atoms with Crippen LogP contribution >= 0.6 is 0 Å². The number of carbonyl (C=O) groups is 1.